The van der Waals surface area contributed by atoms with Crippen molar-refractivity contribution in [3.05, 3.63) is 41.7 Å². The molecule has 6 nitrogen and oxygen atoms in total. The summed E-state index contributed by atoms with van der Waals surface area (Å²) in [6.07, 6.45) is 5.85. The summed E-state index contributed by atoms with van der Waals surface area (Å²) in [5.74, 6) is -0.194. The second-order valence-corrected chi connectivity index (χ2v) is 5.85. The van der Waals surface area contributed by atoms with Gasteiger partial charge >= 0.3 is 5.97 Å². The first-order valence-electron chi connectivity index (χ1n) is 7.79. The van der Waals surface area contributed by atoms with Gasteiger partial charge in [-0.25, -0.2) is 0 Å². The van der Waals surface area contributed by atoms with E-state index >= 15 is 0 Å². The first-order chi connectivity index (χ1) is 10.7. The normalized spacial score (nSPS) is 17.3. The van der Waals surface area contributed by atoms with Crippen molar-refractivity contribution in [2.24, 2.45) is 5.92 Å². The van der Waals surface area contributed by atoms with Crippen LogP contribution in [0.3, 0.4) is 0 Å². The van der Waals surface area contributed by atoms with Crippen molar-refractivity contribution in [3.63, 3.8) is 0 Å². The number of carbonyl (C=O) groups is 1. The van der Waals surface area contributed by atoms with Crippen LogP contribution < -0.4 is 0 Å². The monoisotopic (exact) mass is 300 g/mol. The lowest BCUT2D eigenvalue weighted by atomic mass is 9.81. The zero-order chi connectivity index (χ0) is 15.4. The molecule has 1 N–H and O–H groups in total. The van der Waals surface area contributed by atoms with Gasteiger partial charge in [0.05, 0.1) is 0 Å². The molecule has 0 radical (unpaired) electrons. The highest BCUT2D eigenvalue weighted by Gasteiger charge is 2.28. The molecule has 1 unspecified atom stereocenters. The predicted molar refractivity (Wildman–Crippen MR) is 80.3 cm³/mol. The van der Waals surface area contributed by atoms with E-state index in [0.29, 0.717) is 5.92 Å². The molecule has 1 aromatic heterocycles. The number of benzene rings is 1. The first-order valence-corrected chi connectivity index (χ1v) is 7.79. The Morgan fingerprint density at radius 3 is 2.64 bits per heavy atom. The third kappa shape index (κ3) is 3.32. The molecule has 1 aliphatic rings. The zero-order valence-corrected chi connectivity index (χ0v) is 12.4. The highest BCUT2D eigenvalue weighted by Crippen LogP contribution is 2.36. The molecule has 22 heavy (non-hydrogen) atoms. The Morgan fingerprint density at radius 2 is 1.95 bits per heavy atom. The molecule has 0 spiro atoms. The van der Waals surface area contributed by atoms with Crippen LogP contribution in [0, 0.1) is 5.92 Å². The molecule has 0 bridgehead atoms. The van der Waals surface area contributed by atoms with E-state index in [4.69, 9.17) is 5.11 Å². The Hall–Kier alpha value is -2.24. The van der Waals surface area contributed by atoms with Gasteiger partial charge in [-0.15, -0.1) is 10.2 Å². The predicted octanol–water partition coefficient (Wildman–Crippen LogP) is 2.47. The molecular weight excluding hydrogens is 280 g/mol. The van der Waals surface area contributed by atoms with E-state index < -0.39 is 5.97 Å². The quantitative estimate of drug-likeness (QED) is 0.917. The minimum absolute atomic E-state index is 0.0385. The fourth-order valence-electron chi connectivity index (χ4n) is 3.27. The fraction of sp³-hybridized carbons (Fsp3) is 0.500. The SMILES string of the molecule is O=C(O)Cc1nnn(C(c2ccccc2)C2CCCCC2)n1. The molecule has 2 aromatic rings. The van der Waals surface area contributed by atoms with E-state index in [1.54, 1.807) is 4.80 Å². The van der Waals surface area contributed by atoms with Crippen LogP contribution in [-0.4, -0.2) is 31.3 Å². The second-order valence-electron chi connectivity index (χ2n) is 5.85. The fourth-order valence-corrected chi connectivity index (χ4v) is 3.27. The highest BCUT2D eigenvalue weighted by atomic mass is 16.4. The minimum atomic E-state index is -0.937. The van der Waals surface area contributed by atoms with Crippen LogP contribution in [0.1, 0.15) is 49.5 Å². The van der Waals surface area contributed by atoms with Gasteiger partial charge in [-0.05, 0) is 29.5 Å². The molecule has 6 heteroatoms. The number of carboxylic acids is 1. The van der Waals surface area contributed by atoms with Crippen molar-refractivity contribution in [2.45, 2.75) is 44.6 Å². The molecular formula is C16H20N4O2. The van der Waals surface area contributed by atoms with Crippen LogP contribution in [0.15, 0.2) is 30.3 Å². The highest BCUT2D eigenvalue weighted by molar-refractivity contribution is 5.68. The standard InChI is InChI=1S/C16H20N4O2/c21-15(22)11-14-17-19-20(18-14)16(12-7-3-1-4-8-12)13-9-5-2-6-10-13/h1,3-4,7-8,13,16H,2,5-6,9-11H2,(H,21,22). The Kier molecular flexibility index (Phi) is 4.46. The summed E-state index contributed by atoms with van der Waals surface area (Å²) >= 11 is 0. The van der Waals surface area contributed by atoms with E-state index in [0.717, 1.165) is 18.4 Å². The molecule has 116 valence electrons. The zero-order valence-electron chi connectivity index (χ0n) is 12.4. The number of aromatic nitrogens is 4. The van der Waals surface area contributed by atoms with E-state index in [1.807, 2.05) is 18.2 Å². The summed E-state index contributed by atoms with van der Waals surface area (Å²) in [4.78, 5) is 12.4. The summed E-state index contributed by atoms with van der Waals surface area (Å²) < 4.78 is 0. The van der Waals surface area contributed by atoms with Crippen molar-refractivity contribution in [3.8, 4) is 0 Å². The number of tetrazole rings is 1. The van der Waals surface area contributed by atoms with Crippen LogP contribution in [0.25, 0.3) is 0 Å². The Labute approximate surface area is 129 Å². The summed E-state index contributed by atoms with van der Waals surface area (Å²) in [6, 6.07) is 10.2. The number of nitrogens with zero attached hydrogens (tertiary/aromatic N) is 4. The Balaban J connectivity index is 1.90. The Bertz CT molecular complexity index is 620. The number of aliphatic carboxylic acids is 1. The van der Waals surface area contributed by atoms with Crippen LogP contribution in [-0.2, 0) is 11.2 Å². The molecule has 1 saturated carbocycles. The van der Waals surface area contributed by atoms with Crippen molar-refractivity contribution in [1.29, 1.82) is 0 Å². The van der Waals surface area contributed by atoms with Crippen LogP contribution in [0.4, 0.5) is 0 Å². The van der Waals surface area contributed by atoms with Gasteiger partial charge < -0.3 is 5.11 Å². The van der Waals surface area contributed by atoms with Gasteiger partial charge in [0.25, 0.3) is 0 Å². The lowest BCUT2D eigenvalue weighted by Crippen LogP contribution is -2.25. The van der Waals surface area contributed by atoms with Gasteiger partial charge in [-0.2, -0.15) is 4.80 Å². The van der Waals surface area contributed by atoms with E-state index in [2.05, 4.69) is 27.5 Å². The number of hydrogen-bond donors (Lipinski definition) is 1. The number of hydrogen-bond acceptors (Lipinski definition) is 4. The van der Waals surface area contributed by atoms with Gasteiger partial charge in [-0.1, -0.05) is 49.6 Å². The molecule has 0 saturated heterocycles. The molecule has 1 aliphatic carbocycles. The summed E-state index contributed by atoms with van der Waals surface area (Å²) in [5, 5.41) is 21.2. The number of carboxylic acid groups (broad SMARTS) is 1. The van der Waals surface area contributed by atoms with Crippen LogP contribution in [0.2, 0.25) is 0 Å². The topological polar surface area (TPSA) is 80.9 Å². The Morgan fingerprint density at radius 1 is 1.23 bits per heavy atom. The molecule has 1 heterocycles. The molecule has 1 fully saturated rings. The lowest BCUT2D eigenvalue weighted by Gasteiger charge is -2.29. The number of rotatable bonds is 5. The van der Waals surface area contributed by atoms with E-state index in [9.17, 15) is 4.79 Å². The van der Waals surface area contributed by atoms with Crippen molar-refractivity contribution >= 4 is 5.97 Å². The molecule has 0 aliphatic heterocycles. The average Bonchev–Trinajstić information content (AvgIpc) is 2.97. The summed E-state index contributed by atoms with van der Waals surface area (Å²) in [5.41, 5.74) is 1.16. The maximum atomic E-state index is 10.8. The van der Waals surface area contributed by atoms with Crippen LogP contribution >= 0.6 is 0 Å². The molecule has 1 atom stereocenters. The van der Waals surface area contributed by atoms with Crippen molar-refractivity contribution in [1.82, 2.24) is 20.2 Å². The average molecular weight is 300 g/mol. The van der Waals surface area contributed by atoms with Gasteiger partial charge in [0.15, 0.2) is 5.82 Å². The minimum Gasteiger partial charge on any atom is -0.481 e. The molecule has 1 aromatic carbocycles. The smallest absolute Gasteiger partial charge is 0.311 e. The lowest BCUT2D eigenvalue weighted by molar-refractivity contribution is -0.136. The van der Waals surface area contributed by atoms with E-state index in [-0.39, 0.29) is 18.3 Å². The first kappa shape index (κ1) is 14.7. The molecule has 0 amide bonds. The summed E-state index contributed by atoms with van der Waals surface area (Å²) in [7, 11) is 0. The van der Waals surface area contributed by atoms with Crippen molar-refractivity contribution in [2.75, 3.05) is 0 Å². The van der Waals surface area contributed by atoms with Gasteiger partial charge in [-0.3, -0.25) is 4.79 Å². The largest absolute Gasteiger partial charge is 0.481 e. The third-order valence-corrected chi connectivity index (χ3v) is 4.27. The van der Waals surface area contributed by atoms with Crippen LogP contribution in [0.5, 0.6) is 0 Å². The van der Waals surface area contributed by atoms with Gasteiger partial charge in [0.2, 0.25) is 0 Å². The molecule has 3 rings (SSSR count). The maximum Gasteiger partial charge on any atom is 0.311 e. The van der Waals surface area contributed by atoms with Crippen molar-refractivity contribution < 1.29 is 9.90 Å². The third-order valence-electron chi connectivity index (χ3n) is 4.27. The van der Waals surface area contributed by atoms with Gasteiger partial charge in [0.1, 0.15) is 12.5 Å². The second kappa shape index (κ2) is 6.68. The van der Waals surface area contributed by atoms with Gasteiger partial charge in [0, 0.05) is 0 Å². The summed E-state index contributed by atoms with van der Waals surface area (Å²) in [6.45, 7) is 0. The maximum absolute atomic E-state index is 10.8. The van der Waals surface area contributed by atoms with E-state index in [1.165, 1.54) is 19.3 Å².